The average molecular weight is 377 g/mol. The number of pyridine rings is 1. The highest BCUT2D eigenvalue weighted by Crippen LogP contribution is 2.18. The van der Waals surface area contributed by atoms with Gasteiger partial charge in [0, 0.05) is 45.3 Å². The van der Waals surface area contributed by atoms with Crippen LogP contribution in [0.25, 0.3) is 0 Å². The van der Waals surface area contributed by atoms with Crippen molar-refractivity contribution in [3.8, 4) is 6.07 Å². The lowest BCUT2D eigenvalue weighted by Crippen LogP contribution is -2.49. The number of carbonyl (C=O) groups is 2. The Morgan fingerprint density at radius 3 is 2.54 bits per heavy atom. The summed E-state index contributed by atoms with van der Waals surface area (Å²) in [5.41, 5.74) is 1.50. The maximum atomic E-state index is 12.4. The van der Waals surface area contributed by atoms with Crippen LogP contribution < -0.4 is 10.2 Å². The van der Waals surface area contributed by atoms with Gasteiger partial charge in [-0.1, -0.05) is 30.3 Å². The zero-order valence-electron chi connectivity index (χ0n) is 15.7. The Hall–Kier alpha value is -3.40. The van der Waals surface area contributed by atoms with Crippen LogP contribution in [0.5, 0.6) is 0 Å². The molecular weight excluding hydrogens is 354 g/mol. The Balaban J connectivity index is 1.40. The van der Waals surface area contributed by atoms with Gasteiger partial charge in [-0.05, 0) is 17.7 Å². The number of rotatable bonds is 6. The lowest BCUT2D eigenvalue weighted by molar-refractivity contribution is -0.131. The number of benzene rings is 1. The largest absolute Gasteiger partial charge is 0.355 e. The van der Waals surface area contributed by atoms with E-state index in [4.69, 9.17) is 0 Å². The SMILES string of the molecule is N#Cc1cccnc1N1CCN(C(=O)CCNC(=O)Cc2ccccc2)CC1. The molecule has 0 atom stereocenters. The molecular formula is C21H23N5O2. The average Bonchev–Trinajstić information content (AvgIpc) is 2.74. The van der Waals surface area contributed by atoms with Crippen molar-refractivity contribution in [1.29, 1.82) is 5.26 Å². The van der Waals surface area contributed by atoms with Crippen LogP contribution in [-0.2, 0) is 16.0 Å². The van der Waals surface area contributed by atoms with Crippen LogP contribution in [0.3, 0.4) is 0 Å². The zero-order chi connectivity index (χ0) is 19.8. The standard InChI is InChI=1S/C21H23N5O2/c22-16-18-7-4-9-24-21(18)26-13-11-25(12-14-26)20(28)8-10-23-19(27)15-17-5-2-1-3-6-17/h1-7,9H,8,10-15H2,(H,23,27). The molecule has 144 valence electrons. The molecule has 7 heteroatoms. The Morgan fingerprint density at radius 2 is 1.82 bits per heavy atom. The predicted octanol–water partition coefficient (Wildman–Crippen LogP) is 1.35. The van der Waals surface area contributed by atoms with Gasteiger partial charge in [0.05, 0.1) is 12.0 Å². The van der Waals surface area contributed by atoms with E-state index in [0.29, 0.717) is 50.5 Å². The highest BCUT2D eigenvalue weighted by atomic mass is 16.2. The van der Waals surface area contributed by atoms with Gasteiger partial charge in [-0.2, -0.15) is 5.26 Å². The van der Waals surface area contributed by atoms with Crippen molar-refractivity contribution in [2.75, 3.05) is 37.6 Å². The molecule has 1 aliphatic rings. The third-order valence-electron chi connectivity index (χ3n) is 4.71. The second kappa shape index (κ2) is 9.51. The van der Waals surface area contributed by atoms with Crippen LogP contribution in [0.1, 0.15) is 17.5 Å². The molecule has 0 spiro atoms. The molecule has 0 unspecified atom stereocenters. The summed E-state index contributed by atoms with van der Waals surface area (Å²) in [5.74, 6) is 0.620. The normalized spacial score (nSPS) is 13.7. The first-order valence-corrected chi connectivity index (χ1v) is 9.36. The van der Waals surface area contributed by atoms with Gasteiger partial charge >= 0.3 is 0 Å². The molecule has 7 nitrogen and oxygen atoms in total. The molecule has 1 fully saturated rings. The van der Waals surface area contributed by atoms with Gasteiger partial charge in [0.1, 0.15) is 11.9 Å². The number of aromatic nitrogens is 1. The van der Waals surface area contributed by atoms with E-state index in [1.54, 1.807) is 23.2 Å². The van der Waals surface area contributed by atoms with Gasteiger partial charge in [0.15, 0.2) is 0 Å². The summed E-state index contributed by atoms with van der Waals surface area (Å²) in [7, 11) is 0. The van der Waals surface area contributed by atoms with Crippen molar-refractivity contribution >= 4 is 17.6 Å². The van der Waals surface area contributed by atoms with Crippen LogP contribution in [-0.4, -0.2) is 54.4 Å². The topological polar surface area (TPSA) is 89.3 Å². The number of anilines is 1. The third kappa shape index (κ3) is 5.07. The number of piperazine rings is 1. The van der Waals surface area contributed by atoms with Crippen molar-refractivity contribution in [3.05, 3.63) is 59.8 Å². The van der Waals surface area contributed by atoms with E-state index in [1.165, 1.54) is 0 Å². The van der Waals surface area contributed by atoms with Crippen molar-refractivity contribution in [1.82, 2.24) is 15.2 Å². The molecule has 0 saturated carbocycles. The van der Waals surface area contributed by atoms with Crippen LogP contribution in [0.2, 0.25) is 0 Å². The molecule has 28 heavy (non-hydrogen) atoms. The van der Waals surface area contributed by atoms with Crippen LogP contribution >= 0.6 is 0 Å². The molecule has 1 N–H and O–H groups in total. The van der Waals surface area contributed by atoms with Crippen LogP contribution in [0.15, 0.2) is 48.7 Å². The molecule has 2 amide bonds. The summed E-state index contributed by atoms with van der Waals surface area (Å²) in [4.78, 5) is 32.5. The Kier molecular flexibility index (Phi) is 6.58. The second-order valence-electron chi connectivity index (χ2n) is 6.62. The number of hydrogen-bond acceptors (Lipinski definition) is 5. The van der Waals surface area contributed by atoms with Gasteiger partial charge in [0.25, 0.3) is 0 Å². The molecule has 3 rings (SSSR count). The number of amides is 2. The fourth-order valence-electron chi connectivity index (χ4n) is 3.21. The molecule has 0 aliphatic carbocycles. The Morgan fingerprint density at radius 1 is 1.07 bits per heavy atom. The first-order chi connectivity index (χ1) is 13.7. The number of nitrogens with one attached hydrogen (secondary N) is 1. The Bertz CT molecular complexity index is 855. The number of hydrogen-bond donors (Lipinski definition) is 1. The molecule has 1 aromatic carbocycles. The van der Waals surface area contributed by atoms with E-state index in [9.17, 15) is 14.9 Å². The van der Waals surface area contributed by atoms with Gasteiger partial charge in [-0.25, -0.2) is 4.98 Å². The van der Waals surface area contributed by atoms with Crippen LogP contribution in [0.4, 0.5) is 5.82 Å². The molecule has 1 saturated heterocycles. The maximum absolute atomic E-state index is 12.4. The lowest BCUT2D eigenvalue weighted by Gasteiger charge is -2.35. The van der Waals surface area contributed by atoms with Gasteiger partial charge in [0.2, 0.25) is 11.8 Å². The minimum Gasteiger partial charge on any atom is -0.355 e. The first kappa shape index (κ1) is 19.4. The monoisotopic (exact) mass is 377 g/mol. The molecule has 2 heterocycles. The van der Waals surface area contributed by atoms with Crippen LogP contribution in [0, 0.1) is 11.3 Å². The van der Waals surface area contributed by atoms with E-state index >= 15 is 0 Å². The minimum atomic E-state index is -0.0806. The summed E-state index contributed by atoms with van der Waals surface area (Å²) in [6, 6.07) is 15.2. The molecule has 2 aromatic rings. The fraction of sp³-hybridized carbons (Fsp3) is 0.333. The fourth-order valence-corrected chi connectivity index (χ4v) is 3.21. The first-order valence-electron chi connectivity index (χ1n) is 9.36. The van der Waals surface area contributed by atoms with E-state index in [1.807, 2.05) is 35.2 Å². The summed E-state index contributed by atoms with van der Waals surface area (Å²) >= 11 is 0. The number of carbonyl (C=O) groups excluding carboxylic acids is 2. The minimum absolute atomic E-state index is 0.0289. The van der Waals surface area contributed by atoms with Gasteiger partial charge < -0.3 is 15.1 Å². The van der Waals surface area contributed by atoms with Gasteiger partial charge in [-0.15, -0.1) is 0 Å². The van der Waals surface area contributed by atoms with Crippen molar-refractivity contribution in [2.45, 2.75) is 12.8 Å². The molecule has 0 radical (unpaired) electrons. The van der Waals surface area contributed by atoms with E-state index in [0.717, 1.165) is 5.56 Å². The van der Waals surface area contributed by atoms with E-state index in [2.05, 4.69) is 16.4 Å². The highest BCUT2D eigenvalue weighted by Gasteiger charge is 2.23. The number of nitrogens with zero attached hydrogens (tertiary/aromatic N) is 4. The van der Waals surface area contributed by atoms with Crippen molar-refractivity contribution in [3.63, 3.8) is 0 Å². The van der Waals surface area contributed by atoms with E-state index in [-0.39, 0.29) is 18.2 Å². The second-order valence-corrected chi connectivity index (χ2v) is 6.62. The molecule has 0 bridgehead atoms. The quantitative estimate of drug-likeness (QED) is 0.821. The summed E-state index contributed by atoms with van der Waals surface area (Å²) in [6.45, 7) is 2.77. The predicted molar refractivity (Wildman–Crippen MR) is 106 cm³/mol. The van der Waals surface area contributed by atoms with Gasteiger partial charge in [-0.3, -0.25) is 9.59 Å². The summed E-state index contributed by atoms with van der Waals surface area (Å²) in [6.07, 6.45) is 2.28. The molecule has 1 aliphatic heterocycles. The molecule has 1 aromatic heterocycles. The van der Waals surface area contributed by atoms with E-state index < -0.39 is 0 Å². The maximum Gasteiger partial charge on any atom is 0.224 e. The Labute approximate surface area is 164 Å². The number of nitriles is 1. The smallest absolute Gasteiger partial charge is 0.224 e. The lowest BCUT2D eigenvalue weighted by atomic mass is 10.1. The van der Waals surface area contributed by atoms with Crippen molar-refractivity contribution in [2.24, 2.45) is 0 Å². The third-order valence-corrected chi connectivity index (χ3v) is 4.71. The summed E-state index contributed by atoms with van der Waals surface area (Å²) < 4.78 is 0. The summed E-state index contributed by atoms with van der Waals surface area (Å²) in [5, 5.41) is 12.0. The zero-order valence-corrected chi connectivity index (χ0v) is 15.7. The highest BCUT2D eigenvalue weighted by molar-refractivity contribution is 5.80. The van der Waals surface area contributed by atoms with Crippen molar-refractivity contribution < 1.29 is 9.59 Å².